The normalized spacial score (nSPS) is 33.6. The van der Waals surface area contributed by atoms with Gasteiger partial charge < -0.3 is 15.6 Å². The number of nitrogens with two attached hydrogens (primary N) is 1. The first-order valence-electron chi connectivity index (χ1n) is 3.30. The van der Waals surface area contributed by atoms with Gasteiger partial charge in [-0.2, -0.15) is 0 Å². The summed E-state index contributed by atoms with van der Waals surface area (Å²) in [5.74, 6) is -0.353. The molecule has 0 unspecified atom stereocenters. The van der Waals surface area contributed by atoms with E-state index in [2.05, 4.69) is 0 Å². The minimum Gasteiger partial charge on any atom is -0.461 e. The van der Waals surface area contributed by atoms with Gasteiger partial charge in [-0.1, -0.05) is 0 Å². The van der Waals surface area contributed by atoms with E-state index >= 15 is 0 Å². The summed E-state index contributed by atoms with van der Waals surface area (Å²) in [6.07, 6.45) is -0.260. The Morgan fingerprint density at radius 3 is 3.00 bits per heavy atom. The van der Waals surface area contributed by atoms with Crippen LogP contribution in [0.2, 0.25) is 0 Å². The molecule has 0 spiro atoms. The minimum atomic E-state index is -0.560. The third kappa shape index (κ3) is 1.68. The molecule has 0 aromatic carbocycles. The van der Waals surface area contributed by atoms with Crippen LogP contribution in [-0.2, 0) is 9.53 Å². The van der Waals surface area contributed by atoms with Gasteiger partial charge in [0.2, 0.25) is 0 Å². The predicted molar refractivity (Wildman–Crippen MR) is 34.2 cm³/mol. The minimum absolute atomic E-state index is 0.108. The fourth-order valence-corrected chi connectivity index (χ4v) is 1.01. The van der Waals surface area contributed by atoms with Gasteiger partial charge in [-0.25, -0.2) is 0 Å². The van der Waals surface area contributed by atoms with Gasteiger partial charge in [-0.05, 0) is 0 Å². The van der Waals surface area contributed by atoms with Crippen LogP contribution >= 0.6 is 0 Å². The van der Waals surface area contributed by atoms with Crippen LogP contribution in [0, 0.1) is 0 Å². The van der Waals surface area contributed by atoms with Crippen molar-refractivity contribution in [3.05, 3.63) is 0 Å². The van der Waals surface area contributed by atoms with E-state index in [0.29, 0.717) is 13.0 Å². The summed E-state index contributed by atoms with van der Waals surface area (Å²) < 4.78 is 4.78. The Labute approximate surface area is 59.0 Å². The van der Waals surface area contributed by atoms with E-state index in [-0.39, 0.29) is 18.5 Å². The van der Waals surface area contributed by atoms with Crippen molar-refractivity contribution in [1.29, 1.82) is 0 Å². The Balaban J connectivity index is 2.42. The van der Waals surface area contributed by atoms with Gasteiger partial charge in [-0.3, -0.25) is 4.79 Å². The zero-order chi connectivity index (χ0) is 7.56. The number of ether oxygens (including phenoxy) is 1. The monoisotopic (exact) mass is 145 g/mol. The Morgan fingerprint density at radius 1 is 1.80 bits per heavy atom. The third-order valence-corrected chi connectivity index (χ3v) is 1.50. The van der Waals surface area contributed by atoms with E-state index in [4.69, 9.17) is 15.6 Å². The summed E-state index contributed by atoms with van der Waals surface area (Å²) in [4.78, 5) is 10.6. The fourth-order valence-electron chi connectivity index (χ4n) is 1.01. The summed E-state index contributed by atoms with van der Waals surface area (Å²) in [6.45, 7) is 0.294. The number of hydrogen-bond donors (Lipinski definition) is 2. The molecule has 1 fully saturated rings. The lowest BCUT2D eigenvalue weighted by Gasteiger charge is -2.24. The number of esters is 1. The van der Waals surface area contributed by atoms with Crippen molar-refractivity contribution in [2.45, 2.75) is 25.0 Å². The molecule has 0 amide bonds. The van der Waals surface area contributed by atoms with Crippen LogP contribution in [0.1, 0.15) is 12.8 Å². The first-order chi connectivity index (χ1) is 4.72. The van der Waals surface area contributed by atoms with E-state index in [1.165, 1.54) is 0 Å². The maximum atomic E-state index is 10.6. The van der Waals surface area contributed by atoms with Gasteiger partial charge in [0, 0.05) is 13.0 Å². The first kappa shape index (κ1) is 7.50. The second kappa shape index (κ2) is 2.98. The molecule has 3 N–H and O–H groups in total. The van der Waals surface area contributed by atoms with E-state index < -0.39 is 6.10 Å². The molecule has 1 heterocycles. The molecule has 0 aromatic rings. The Bertz CT molecular complexity index is 137. The molecular weight excluding hydrogens is 134 g/mol. The second-order valence-electron chi connectivity index (χ2n) is 2.44. The van der Waals surface area contributed by atoms with Crippen LogP contribution in [0.25, 0.3) is 0 Å². The maximum Gasteiger partial charge on any atom is 0.308 e. The number of aliphatic hydroxyl groups excluding tert-OH is 1. The lowest BCUT2D eigenvalue weighted by molar-refractivity contribution is -0.159. The smallest absolute Gasteiger partial charge is 0.308 e. The molecule has 1 rings (SSSR count). The lowest BCUT2D eigenvalue weighted by Crippen LogP contribution is -2.37. The standard InChI is InChI=1S/C6H11NO3/c7-3-5-1-4(8)2-6(9)10-5/h4-5,8H,1-3,7H2/t4-,5+/m1/s1. The molecule has 58 valence electrons. The first-order valence-corrected chi connectivity index (χ1v) is 3.30. The molecule has 1 saturated heterocycles. The van der Waals surface area contributed by atoms with Crippen molar-refractivity contribution >= 4 is 5.97 Å². The number of carbonyl (C=O) groups excluding carboxylic acids is 1. The van der Waals surface area contributed by atoms with E-state index in [9.17, 15) is 4.79 Å². The third-order valence-electron chi connectivity index (χ3n) is 1.50. The SMILES string of the molecule is NC[C@@H]1C[C@@H](O)CC(=O)O1. The topological polar surface area (TPSA) is 72.5 Å². The zero-order valence-corrected chi connectivity index (χ0v) is 5.62. The van der Waals surface area contributed by atoms with Crippen molar-refractivity contribution in [2.75, 3.05) is 6.54 Å². The van der Waals surface area contributed by atoms with Crippen molar-refractivity contribution in [2.24, 2.45) is 5.73 Å². The molecule has 1 aliphatic rings. The predicted octanol–water partition coefficient (Wildman–Crippen LogP) is -0.988. The number of aliphatic hydroxyl groups is 1. The summed E-state index contributed by atoms with van der Waals surface area (Å²) in [5, 5.41) is 9.02. The van der Waals surface area contributed by atoms with Gasteiger partial charge in [0.05, 0.1) is 12.5 Å². The summed E-state index contributed by atoms with van der Waals surface area (Å²) in [5.41, 5.74) is 5.24. The Morgan fingerprint density at radius 2 is 2.50 bits per heavy atom. The van der Waals surface area contributed by atoms with Gasteiger partial charge in [0.1, 0.15) is 6.10 Å². The van der Waals surface area contributed by atoms with Crippen LogP contribution in [0.3, 0.4) is 0 Å². The summed E-state index contributed by atoms with van der Waals surface area (Å²) in [6, 6.07) is 0. The molecule has 0 aromatic heterocycles. The molecule has 0 radical (unpaired) electrons. The number of hydrogen-bond acceptors (Lipinski definition) is 4. The van der Waals surface area contributed by atoms with Crippen LogP contribution in [0.15, 0.2) is 0 Å². The highest BCUT2D eigenvalue weighted by molar-refractivity contribution is 5.70. The van der Waals surface area contributed by atoms with Crippen molar-refractivity contribution < 1.29 is 14.6 Å². The van der Waals surface area contributed by atoms with E-state index in [1.54, 1.807) is 0 Å². The highest BCUT2D eigenvalue weighted by atomic mass is 16.5. The number of rotatable bonds is 1. The molecule has 0 saturated carbocycles. The van der Waals surface area contributed by atoms with Gasteiger partial charge in [-0.15, -0.1) is 0 Å². The molecule has 2 atom stereocenters. The molecule has 0 bridgehead atoms. The Hall–Kier alpha value is -0.610. The van der Waals surface area contributed by atoms with Gasteiger partial charge in [0.15, 0.2) is 0 Å². The molecular formula is C6H11NO3. The quantitative estimate of drug-likeness (QED) is 0.465. The molecule has 1 aliphatic heterocycles. The second-order valence-corrected chi connectivity index (χ2v) is 2.44. The average Bonchev–Trinajstić information content (AvgIpc) is 1.85. The van der Waals surface area contributed by atoms with Crippen molar-refractivity contribution in [3.8, 4) is 0 Å². The van der Waals surface area contributed by atoms with Crippen LogP contribution in [-0.4, -0.2) is 29.8 Å². The van der Waals surface area contributed by atoms with Crippen LogP contribution < -0.4 is 5.73 Å². The molecule has 4 nitrogen and oxygen atoms in total. The van der Waals surface area contributed by atoms with Crippen molar-refractivity contribution in [3.63, 3.8) is 0 Å². The van der Waals surface area contributed by atoms with Crippen LogP contribution in [0.4, 0.5) is 0 Å². The highest BCUT2D eigenvalue weighted by Crippen LogP contribution is 2.13. The van der Waals surface area contributed by atoms with E-state index in [1.807, 2.05) is 0 Å². The number of carbonyl (C=O) groups is 1. The molecule has 0 aliphatic carbocycles. The van der Waals surface area contributed by atoms with Crippen LogP contribution in [0.5, 0.6) is 0 Å². The van der Waals surface area contributed by atoms with Crippen molar-refractivity contribution in [1.82, 2.24) is 0 Å². The lowest BCUT2D eigenvalue weighted by atomic mass is 10.1. The maximum absolute atomic E-state index is 10.6. The zero-order valence-electron chi connectivity index (χ0n) is 5.62. The fraction of sp³-hybridized carbons (Fsp3) is 0.833. The highest BCUT2D eigenvalue weighted by Gasteiger charge is 2.25. The van der Waals surface area contributed by atoms with Gasteiger partial charge >= 0.3 is 5.97 Å². The average molecular weight is 145 g/mol. The van der Waals surface area contributed by atoms with E-state index in [0.717, 1.165) is 0 Å². The molecule has 4 heteroatoms. The Kier molecular flexibility index (Phi) is 2.24. The largest absolute Gasteiger partial charge is 0.461 e. The summed E-state index contributed by atoms with van der Waals surface area (Å²) >= 11 is 0. The summed E-state index contributed by atoms with van der Waals surface area (Å²) in [7, 11) is 0. The van der Waals surface area contributed by atoms with Gasteiger partial charge in [0.25, 0.3) is 0 Å². The number of cyclic esters (lactones) is 1. The molecule has 10 heavy (non-hydrogen) atoms.